The van der Waals surface area contributed by atoms with E-state index in [-0.39, 0.29) is 0 Å². The fraction of sp³-hybridized carbons (Fsp3) is 0.692. The van der Waals surface area contributed by atoms with Crippen LogP contribution in [0, 0.1) is 5.92 Å². The maximum absolute atomic E-state index is 3.77. The predicted octanol–water partition coefficient (Wildman–Crippen LogP) is 4.73. The van der Waals surface area contributed by atoms with Crippen molar-refractivity contribution in [3.63, 3.8) is 0 Å². The van der Waals surface area contributed by atoms with Crippen LogP contribution in [0.15, 0.2) is 24.8 Å². The molecule has 0 heterocycles. The van der Waals surface area contributed by atoms with Gasteiger partial charge in [0.25, 0.3) is 0 Å². The van der Waals surface area contributed by atoms with Gasteiger partial charge in [0.2, 0.25) is 0 Å². The van der Waals surface area contributed by atoms with Gasteiger partial charge in [0.05, 0.1) is 0 Å². The first kappa shape index (κ1) is 12.5. The fourth-order valence-electron chi connectivity index (χ4n) is 1.21. The van der Waals surface area contributed by atoms with Crippen molar-refractivity contribution in [2.45, 2.75) is 52.4 Å². The molecule has 0 radical (unpaired) electrons. The lowest BCUT2D eigenvalue weighted by Crippen LogP contribution is -1.83. The van der Waals surface area contributed by atoms with Gasteiger partial charge in [0, 0.05) is 0 Å². The first-order valence-corrected chi connectivity index (χ1v) is 5.58. The Hall–Kier alpha value is -0.520. The zero-order valence-electron chi connectivity index (χ0n) is 9.26. The molecule has 0 rings (SSSR count). The summed E-state index contributed by atoms with van der Waals surface area (Å²) < 4.78 is 0. The van der Waals surface area contributed by atoms with E-state index in [0.717, 1.165) is 6.42 Å². The Labute approximate surface area is 83.7 Å². The minimum absolute atomic E-state index is 0.631. The Kier molecular flexibility index (Phi) is 9.18. The molecule has 13 heavy (non-hydrogen) atoms. The van der Waals surface area contributed by atoms with Gasteiger partial charge in [-0.15, -0.1) is 6.58 Å². The van der Waals surface area contributed by atoms with Gasteiger partial charge in [0.15, 0.2) is 0 Å². The Bertz CT molecular complexity index is 133. The van der Waals surface area contributed by atoms with E-state index in [1.807, 2.05) is 6.08 Å². The van der Waals surface area contributed by atoms with Gasteiger partial charge in [-0.05, 0) is 25.2 Å². The van der Waals surface area contributed by atoms with E-state index in [2.05, 4.69) is 32.6 Å². The lowest BCUT2D eigenvalue weighted by atomic mass is 10.1. The Morgan fingerprint density at radius 1 is 1.15 bits per heavy atom. The molecule has 0 aromatic rings. The molecule has 0 aliphatic carbocycles. The van der Waals surface area contributed by atoms with E-state index in [0.29, 0.717) is 5.92 Å². The maximum atomic E-state index is 3.77. The molecule has 1 unspecified atom stereocenters. The number of hydrogen-bond acceptors (Lipinski definition) is 0. The first-order valence-electron chi connectivity index (χ1n) is 5.58. The lowest BCUT2D eigenvalue weighted by Gasteiger charge is -1.98. The molecule has 0 saturated heterocycles. The van der Waals surface area contributed by atoms with E-state index in [1.165, 1.54) is 32.1 Å². The smallest absolute Gasteiger partial charge is 0.0230 e. The average molecular weight is 180 g/mol. The predicted molar refractivity (Wildman–Crippen MR) is 61.9 cm³/mol. The molecule has 0 aromatic carbocycles. The SMILES string of the molecule is C=CC(C)CC=CCCCCCC. The Morgan fingerprint density at radius 2 is 1.92 bits per heavy atom. The molecule has 0 spiro atoms. The molecule has 0 heteroatoms. The second kappa shape index (κ2) is 9.57. The van der Waals surface area contributed by atoms with Gasteiger partial charge in [-0.25, -0.2) is 0 Å². The van der Waals surface area contributed by atoms with Gasteiger partial charge in [-0.1, -0.05) is 51.3 Å². The summed E-state index contributed by atoms with van der Waals surface area (Å²) in [6, 6.07) is 0. The molecule has 0 aliphatic rings. The van der Waals surface area contributed by atoms with Crippen LogP contribution in [0.4, 0.5) is 0 Å². The molecule has 0 fully saturated rings. The zero-order valence-corrected chi connectivity index (χ0v) is 9.26. The molecule has 76 valence electrons. The summed E-state index contributed by atoms with van der Waals surface area (Å²) in [4.78, 5) is 0. The van der Waals surface area contributed by atoms with Gasteiger partial charge in [-0.2, -0.15) is 0 Å². The molecule has 0 N–H and O–H groups in total. The standard InChI is InChI=1S/C13H24/c1-4-6-7-8-9-10-11-12-13(3)5-2/h5,10-11,13H,2,4,6-9,12H2,1,3H3. The Balaban J connectivity index is 3.16. The summed E-state index contributed by atoms with van der Waals surface area (Å²) >= 11 is 0. The third-order valence-corrected chi connectivity index (χ3v) is 2.30. The summed E-state index contributed by atoms with van der Waals surface area (Å²) in [5.74, 6) is 0.631. The largest absolute Gasteiger partial charge is 0.103 e. The average Bonchev–Trinajstić information content (AvgIpc) is 2.16. The number of allylic oxidation sites excluding steroid dienone is 3. The monoisotopic (exact) mass is 180 g/mol. The molecular weight excluding hydrogens is 156 g/mol. The molecule has 0 amide bonds. The van der Waals surface area contributed by atoms with E-state index >= 15 is 0 Å². The van der Waals surface area contributed by atoms with Crippen LogP contribution in [0.1, 0.15) is 52.4 Å². The quantitative estimate of drug-likeness (QED) is 0.374. The molecule has 0 aliphatic heterocycles. The van der Waals surface area contributed by atoms with Crippen LogP contribution in [0.5, 0.6) is 0 Å². The minimum Gasteiger partial charge on any atom is -0.103 e. The van der Waals surface area contributed by atoms with Crippen LogP contribution in [0.3, 0.4) is 0 Å². The van der Waals surface area contributed by atoms with Gasteiger partial charge >= 0.3 is 0 Å². The topological polar surface area (TPSA) is 0 Å². The molecule has 0 saturated carbocycles. The highest BCUT2D eigenvalue weighted by Gasteiger charge is 1.89. The van der Waals surface area contributed by atoms with Crippen LogP contribution in [-0.2, 0) is 0 Å². The fourth-order valence-corrected chi connectivity index (χ4v) is 1.21. The van der Waals surface area contributed by atoms with Crippen LogP contribution in [0.25, 0.3) is 0 Å². The molecule has 0 bridgehead atoms. The van der Waals surface area contributed by atoms with Crippen LogP contribution in [-0.4, -0.2) is 0 Å². The number of hydrogen-bond donors (Lipinski definition) is 0. The second-order valence-corrected chi connectivity index (χ2v) is 3.77. The van der Waals surface area contributed by atoms with Gasteiger partial charge in [0.1, 0.15) is 0 Å². The highest BCUT2D eigenvalue weighted by Crippen LogP contribution is 2.06. The van der Waals surface area contributed by atoms with Gasteiger partial charge < -0.3 is 0 Å². The lowest BCUT2D eigenvalue weighted by molar-refractivity contribution is 0.672. The third kappa shape index (κ3) is 9.39. The summed E-state index contributed by atoms with van der Waals surface area (Å²) in [6.07, 6.45) is 14.5. The highest BCUT2D eigenvalue weighted by molar-refractivity contribution is 4.87. The normalized spacial score (nSPS) is 13.4. The van der Waals surface area contributed by atoms with E-state index < -0.39 is 0 Å². The van der Waals surface area contributed by atoms with Crippen LogP contribution < -0.4 is 0 Å². The number of unbranched alkanes of at least 4 members (excludes halogenated alkanes) is 4. The Morgan fingerprint density at radius 3 is 2.54 bits per heavy atom. The van der Waals surface area contributed by atoms with Crippen molar-refractivity contribution in [3.8, 4) is 0 Å². The van der Waals surface area contributed by atoms with Gasteiger partial charge in [-0.3, -0.25) is 0 Å². The van der Waals surface area contributed by atoms with Crippen molar-refractivity contribution in [2.24, 2.45) is 5.92 Å². The summed E-state index contributed by atoms with van der Waals surface area (Å²) in [5.41, 5.74) is 0. The van der Waals surface area contributed by atoms with Crippen molar-refractivity contribution in [1.82, 2.24) is 0 Å². The molecule has 0 nitrogen and oxygen atoms in total. The van der Waals surface area contributed by atoms with E-state index in [1.54, 1.807) is 0 Å². The van der Waals surface area contributed by atoms with Crippen molar-refractivity contribution < 1.29 is 0 Å². The molecular formula is C13H24. The molecule has 0 aromatic heterocycles. The first-order chi connectivity index (χ1) is 6.31. The number of rotatable bonds is 8. The molecule has 1 atom stereocenters. The van der Waals surface area contributed by atoms with Crippen molar-refractivity contribution in [1.29, 1.82) is 0 Å². The van der Waals surface area contributed by atoms with Crippen molar-refractivity contribution in [3.05, 3.63) is 24.8 Å². The summed E-state index contributed by atoms with van der Waals surface area (Å²) in [5, 5.41) is 0. The van der Waals surface area contributed by atoms with Crippen LogP contribution in [0.2, 0.25) is 0 Å². The van der Waals surface area contributed by atoms with Crippen molar-refractivity contribution >= 4 is 0 Å². The van der Waals surface area contributed by atoms with Crippen LogP contribution >= 0.6 is 0 Å². The third-order valence-electron chi connectivity index (χ3n) is 2.30. The minimum atomic E-state index is 0.631. The van der Waals surface area contributed by atoms with E-state index in [9.17, 15) is 0 Å². The van der Waals surface area contributed by atoms with Crippen molar-refractivity contribution in [2.75, 3.05) is 0 Å². The maximum Gasteiger partial charge on any atom is -0.0230 e. The summed E-state index contributed by atoms with van der Waals surface area (Å²) in [7, 11) is 0. The highest BCUT2D eigenvalue weighted by atomic mass is 14.0. The second-order valence-electron chi connectivity index (χ2n) is 3.77. The van der Waals surface area contributed by atoms with E-state index in [4.69, 9.17) is 0 Å². The zero-order chi connectivity index (χ0) is 9.94. The summed E-state index contributed by atoms with van der Waals surface area (Å²) in [6.45, 7) is 8.22.